The molecule has 0 radical (unpaired) electrons. The fraction of sp³-hybridized carbons (Fsp3) is 0.500. The minimum absolute atomic E-state index is 0. The van der Waals surface area contributed by atoms with Crippen molar-refractivity contribution < 1.29 is 101 Å². The molecule has 0 aromatic heterocycles. The molecule has 0 aliphatic carbocycles. The van der Waals surface area contributed by atoms with E-state index in [1.165, 1.54) is 0 Å². The normalized spacial score (nSPS) is 20.5. The molecule has 0 aromatic rings. The third-order valence-corrected chi connectivity index (χ3v) is 1.46. The van der Waals surface area contributed by atoms with E-state index in [4.69, 9.17) is 34.6 Å². The van der Waals surface area contributed by atoms with Crippen LogP contribution in [-0.2, 0) is 14.1 Å². The van der Waals surface area contributed by atoms with Gasteiger partial charge in [0.1, 0.15) is 12.2 Å². The monoisotopic (exact) mass is 312 g/mol. The van der Waals surface area contributed by atoms with Gasteiger partial charge in [-0.2, -0.15) is 0 Å². The van der Waals surface area contributed by atoms with E-state index >= 15 is 0 Å². The first-order valence-corrected chi connectivity index (χ1v) is 5.52. The van der Waals surface area contributed by atoms with Crippen LogP contribution in [0.25, 0.3) is 0 Å². The molecule has 0 saturated carbocycles. The number of cyclic esters (lactones) is 1. The summed E-state index contributed by atoms with van der Waals surface area (Å²) in [7, 11) is -4.64. The van der Waals surface area contributed by atoms with E-state index in [2.05, 4.69) is 4.74 Å². The van der Waals surface area contributed by atoms with Crippen molar-refractivity contribution in [1.29, 1.82) is 0 Å². The summed E-state index contributed by atoms with van der Waals surface area (Å²) in [5, 5.41) is 36.8. The third-order valence-electron chi connectivity index (χ3n) is 1.46. The Bertz CT molecular complexity index is 353. The van der Waals surface area contributed by atoms with E-state index in [9.17, 15) is 9.90 Å². The van der Waals surface area contributed by atoms with Crippen molar-refractivity contribution in [3.63, 3.8) is 0 Å². The summed E-state index contributed by atoms with van der Waals surface area (Å²) in [6.45, 7) is -0.711. The molecule has 1 aliphatic heterocycles. The van der Waals surface area contributed by atoms with Gasteiger partial charge in [-0.1, -0.05) is 0 Å². The van der Waals surface area contributed by atoms with E-state index in [-0.39, 0.29) is 51.4 Å². The number of aliphatic hydroxyl groups is 3. The van der Waals surface area contributed by atoms with E-state index in [1.807, 2.05) is 0 Å². The molecule has 1 rings (SSSR count). The van der Waals surface area contributed by atoms with Crippen molar-refractivity contribution in [2.75, 3.05) is 6.61 Å². The van der Waals surface area contributed by atoms with Gasteiger partial charge in [-0.3, -0.25) is 0 Å². The zero-order valence-electron chi connectivity index (χ0n) is 9.13. The first kappa shape index (κ1) is 20.8. The smallest absolute Gasteiger partial charge is 0.870 e. The molecule has 0 unspecified atom stereocenters. The summed E-state index contributed by atoms with van der Waals surface area (Å²) in [5.74, 6) is -3.20. The molecule has 18 heavy (non-hydrogen) atoms. The average Bonchev–Trinajstić information content (AvgIpc) is 2.42. The van der Waals surface area contributed by atoms with Crippen LogP contribution in [-0.4, -0.2) is 54.8 Å². The Kier molecular flexibility index (Phi) is 9.94. The molecule has 1 heterocycles. The number of rotatable bonds is 2. The summed E-state index contributed by atoms with van der Waals surface area (Å²) < 4.78 is 13.1. The first-order valence-electron chi connectivity index (χ1n) is 3.96. The van der Waals surface area contributed by atoms with Crippen molar-refractivity contribution in [2.45, 2.75) is 12.2 Å². The predicted molar refractivity (Wildman–Crippen MR) is 46.9 cm³/mol. The fourth-order valence-corrected chi connectivity index (χ4v) is 0.809. The minimum atomic E-state index is -4.64. The zero-order chi connectivity index (χ0) is 13.8. The molecule has 0 aromatic carbocycles. The van der Waals surface area contributed by atoms with Gasteiger partial charge in [0.2, 0.25) is 0 Å². The number of carbonyl (C=O) groups is 1. The molecular formula is C6H10KO10P. The van der Waals surface area contributed by atoms with Crippen LogP contribution in [0, 0.1) is 0 Å². The number of esters is 1. The molecule has 0 amide bonds. The second kappa shape index (κ2) is 8.61. The van der Waals surface area contributed by atoms with Gasteiger partial charge in [0.05, 0.1) is 6.61 Å². The molecule has 6 N–H and O–H groups in total. The minimum Gasteiger partial charge on any atom is -0.870 e. The number of phosphoric acid groups is 1. The molecule has 2 atom stereocenters. The summed E-state index contributed by atoms with van der Waals surface area (Å²) in [4.78, 5) is 32.1. The number of hydrogen-bond acceptors (Lipinski definition) is 7. The Morgan fingerprint density at radius 2 is 1.78 bits per heavy atom. The van der Waals surface area contributed by atoms with Crippen LogP contribution in [0.5, 0.6) is 0 Å². The molecular weight excluding hydrogens is 302 g/mol. The number of ether oxygens (including phenoxy) is 1. The number of carbonyl (C=O) groups excluding carboxylic acids is 1. The third kappa shape index (κ3) is 7.81. The molecule has 10 nitrogen and oxygen atoms in total. The molecule has 1 aliphatic rings. The molecule has 0 saturated heterocycles. The molecule has 0 fully saturated rings. The van der Waals surface area contributed by atoms with E-state index in [0.717, 1.165) is 0 Å². The van der Waals surface area contributed by atoms with Crippen molar-refractivity contribution in [3.05, 3.63) is 11.5 Å². The summed E-state index contributed by atoms with van der Waals surface area (Å²) in [6.07, 6.45) is -2.95. The van der Waals surface area contributed by atoms with Crippen LogP contribution in [0.1, 0.15) is 0 Å². The maximum Gasteiger partial charge on any atom is 1.00 e. The molecule has 100 valence electrons. The van der Waals surface area contributed by atoms with Crippen LogP contribution in [0.3, 0.4) is 0 Å². The van der Waals surface area contributed by atoms with Crippen molar-refractivity contribution in [3.8, 4) is 0 Å². The second-order valence-electron chi connectivity index (χ2n) is 2.80. The van der Waals surface area contributed by atoms with Crippen molar-refractivity contribution in [2.24, 2.45) is 0 Å². The van der Waals surface area contributed by atoms with Gasteiger partial charge >= 0.3 is 65.2 Å². The topological polar surface area (TPSA) is 188 Å². The van der Waals surface area contributed by atoms with E-state index in [1.54, 1.807) is 0 Å². The Morgan fingerprint density at radius 1 is 1.39 bits per heavy atom. The number of hydrogen-bond donors (Lipinski definition) is 6. The van der Waals surface area contributed by atoms with Crippen molar-refractivity contribution >= 4 is 13.8 Å². The second-order valence-corrected chi connectivity index (χ2v) is 3.83. The van der Waals surface area contributed by atoms with Gasteiger partial charge in [0, 0.05) is 0 Å². The maximum atomic E-state index is 10.8. The van der Waals surface area contributed by atoms with E-state index in [0.29, 0.717) is 0 Å². The standard InChI is InChI=1S/C6H8O6.K.H3O4P/c7-1-2(8)5-3(9)4(10)6(11)12-5;;1-5(2,3)4/h2,5,7-10H,1H2;;(H3,1,2,3,4)/q;+1;/p-1/t2-,5+;;/m0../s1. The quantitative estimate of drug-likeness (QED) is 0.162. The summed E-state index contributed by atoms with van der Waals surface area (Å²) in [6, 6.07) is 0. The van der Waals surface area contributed by atoms with Crippen molar-refractivity contribution in [1.82, 2.24) is 0 Å². The van der Waals surface area contributed by atoms with Crippen LogP contribution >= 0.6 is 7.82 Å². The van der Waals surface area contributed by atoms with Gasteiger partial charge in [-0.15, -0.1) is 0 Å². The van der Waals surface area contributed by atoms with Gasteiger partial charge in [0.15, 0.2) is 5.76 Å². The first-order chi connectivity index (χ1) is 7.57. The number of aliphatic hydroxyl groups excluding tert-OH is 3. The fourth-order valence-electron chi connectivity index (χ4n) is 0.809. The largest absolute Gasteiger partial charge is 1.00 e. The SMILES string of the molecule is O=C1O[C@H]([C@@H](O)CO)C([O-])=C1O.O=P(O)(O)O.[K+]. The van der Waals surface area contributed by atoms with Gasteiger partial charge in [-0.25, -0.2) is 9.36 Å². The molecule has 0 spiro atoms. The molecule has 0 bridgehead atoms. The Hall–Kier alpha value is 0.476. The maximum absolute atomic E-state index is 10.8. The zero-order valence-corrected chi connectivity index (χ0v) is 13.1. The predicted octanol–water partition coefficient (Wildman–Crippen LogP) is -6.53. The summed E-state index contributed by atoms with van der Waals surface area (Å²) >= 11 is 0. The van der Waals surface area contributed by atoms with Crippen LogP contribution < -0.4 is 56.5 Å². The van der Waals surface area contributed by atoms with Gasteiger partial charge in [0.25, 0.3) is 0 Å². The summed E-state index contributed by atoms with van der Waals surface area (Å²) in [5.41, 5.74) is 0. The Labute approximate surface area is 143 Å². The Balaban J connectivity index is 0. The molecule has 12 heteroatoms. The average molecular weight is 312 g/mol. The van der Waals surface area contributed by atoms with Crippen LogP contribution in [0.15, 0.2) is 11.5 Å². The van der Waals surface area contributed by atoms with Gasteiger partial charge < -0.3 is 39.8 Å². The van der Waals surface area contributed by atoms with Crippen LogP contribution in [0.4, 0.5) is 0 Å². The van der Waals surface area contributed by atoms with Crippen LogP contribution in [0.2, 0.25) is 0 Å². The Morgan fingerprint density at radius 3 is 2.00 bits per heavy atom. The van der Waals surface area contributed by atoms with E-state index < -0.39 is 44.1 Å². The van der Waals surface area contributed by atoms with Gasteiger partial charge in [-0.05, 0) is 5.76 Å².